The lowest BCUT2D eigenvalue weighted by Gasteiger charge is -2.31. The highest BCUT2D eigenvalue weighted by atomic mass is 32.2. The maximum atomic E-state index is 12.9. The van der Waals surface area contributed by atoms with Crippen molar-refractivity contribution in [2.45, 2.75) is 44.0 Å². The van der Waals surface area contributed by atoms with E-state index >= 15 is 0 Å². The van der Waals surface area contributed by atoms with Gasteiger partial charge in [-0.2, -0.15) is 0 Å². The summed E-state index contributed by atoms with van der Waals surface area (Å²) in [6, 6.07) is 9.69. The van der Waals surface area contributed by atoms with Crippen LogP contribution in [-0.2, 0) is 21.7 Å². The van der Waals surface area contributed by atoms with E-state index in [1.54, 1.807) is 23.6 Å². The SMILES string of the molecule is CCOC(=O)C1CCCN(C(=O)c2ccc(CSc3nc(CC)cc(N(C)C)n3)cc2)C1. The number of rotatable bonds is 8. The molecule has 0 bridgehead atoms. The van der Waals surface area contributed by atoms with Crippen molar-refractivity contribution in [3.63, 3.8) is 0 Å². The number of aromatic nitrogens is 2. The number of piperidine rings is 1. The molecule has 1 aliphatic heterocycles. The average molecular weight is 457 g/mol. The van der Waals surface area contributed by atoms with E-state index in [1.165, 1.54) is 0 Å². The van der Waals surface area contributed by atoms with E-state index < -0.39 is 0 Å². The van der Waals surface area contributed by atoms with E-state index in [4.69, 9.17) is 4.74 Å². The zero-order valence-corrected chi connectivity index (χ0v) is 20.2. The molecular weight excluding hydrogens is 424 g/mol. The van der Waals surface area contributed by atoms with Crippen LogP contribution >= 0.6 is 11.8 Å². The Morgan fingerprint density at radius 3 is 2.59 bits per heavy atom. The largest absolute Gasteiger partial charge is 0.466 e. The molecule has 0 aliphatic carbocycles. The predicted octanol–water partition coefficient (Wildman–Crippen LogP) is 3.81. The van der Waals surface area contributed by atoms with E-state index in [1.807, 2.05) is 49.3 Å². The minimum Gasteiger partial charge on any atom is -0.466 e. The van der Waals surface area contributed by atoms with Crippen molar-refractivity contribution in [3.8, 4) is 0 Å². The fourth-order valence-electron chi connectivity index (χ4n) is 3.62. The quantitative estimate of drug-likeness (QED) is 0.340. The summed E-state index contributed by atoms with van der Waals surface area (Å²) in [5.74, 6) is 1.16. The number of amides is 1. The summed E-state index contributed by atoms with van der Waals surface area (Å²) >= 11 is 1.59. The first-order valence-electron chi connectivity index (χ1n) is 11.1. The van der Waals surface area contributed by atoms with Gasteiger partial charge in [0.25, 0.3) is 5.91 Å². The van der Waals surface area contributed by atoms with Gasteiger partial charge in [0.15, 0.2) is 5.16 Å². The van der Waals surface area contributed by atoms with Gasteiger partial charge in [-0.1, -0.05) is 30.8 Å². The molecule has 1 saturated heterocycles. The zero-order chi connectivity index (χ0) is 23.1. The fraction of sp³-hybridized carbons (Fsp3) is 0.500. The van der Waals surface area contributed by atoms with Gasteiger partial charge in [-0.05, 0) is 43.9 Å². The molecule has 0 spiro atoms. The molecule has 1 amide bonds. The number of hydrogen-bond donors (Lipinski definition) is 0. The van der Waals surface area contributed by atoms with Gasteiger partial charge in [-0.3, -0.25) is 9.59 Å². The zero-order valence-electron chi connectivity index (χ0n) is 19.3. The number of carbonyl (C=O) groups excluding carboxylic acids is 2. The number of esters is 1. The summed E-state index contributed by atoms with van der Waals surface area (Å²) in [5.41, 5.74) is 2.77. The van der Waals surface area contributed by atoms with Crippen LogP contribution in [0.25, 0.3) is 0 Å². The minimum atomic E-state index is -0.228. The number of hydrogen-bond acceptors (Lipinski definition) is 7. The van der Waals surface area contributed by atoms with Gasteiger partial charge in [-0.25, -0.2) is 9.97 Å². The van der Waals surface area contributed by atoms with Crippen molar-refractivity contribution in [2.75, 3.05) is 38.7 Å². The molecule has 0 radical (unpaired) electrons. The lowest BCUT2D eigenvalue weighted by atomic mass is 9.97. The van der Waals surface area contributed by atoms with Crippen LogP contribution in [0.4, 0.5) is 5.82 Å². The maximum absolute atomic E-state index is 12.9. The highest BCUT2D eigenvalue weighted by Gasteiger charge is 2.29. The summed E-state index contributed by atoms with van der Waals surface area (Å²) in [4.78, 5) is 38.0. The standard InChI is InChI=1S/C24H32N4O3S/c1-5-20-14-21(27(3)4)26-24(25-20)32-16-17-9-11-18(12-10-17)22(29)28-13-7-8-19(15-28)23(30)31-6-2/h9-12,14,19H,5-8,13,15-16H2,1-4H3. The number of nitrogens with zero attached hydrogens (tertiary/aromatic N) is 4. The van der Waals surface area contributed by atoms with Crippen LogP contribution < -0.4 is 4.90 Å². The second-order valence-corrected chi connectivity index (χ2v) is 9.02. The third kappa shape index (κ3) is 6.22. The van der Waals surface area contributed by atoms with E-state index in [2.05, 4.69) is 16.9 Å². The van der Waals surface area contributed by atoms with Crippen LogP contribution in [0, 0.1) is 5.92 Å². The molecule has 32 heavy (non-hydrogen) atoms. The van der Waals surface area contributed by atoms with E-state index in [0.29, 0.717) is 25.3 Å². The molecule has 1 aromatic carbocycles. The van der Waals surface area contributed by atoms with Crippen LogP contribution in [-0.4, -0.2) is 60.5 Å². The van der Waals surface area contributed by atoms with Crippen molar-refractivity contribution in [1.82, 2.24) is 14.9 Å². The summed E-state index contributed by atoms with van der Waals surface area (Å²) in [7, 11) is 3.95. The molecule has 2 aromatic rings. The number of ether oxygens (including phenoxy) is 1. The molecule has 7 nitrogen and oxygen atoms in total. The van der Waals surface area contributed by atoms with Crippen molar-refractivity contribution in [1.29, 1.82) is 0 Å². The Kier molecular flexibility index (Phi) is 8.50. The molecule has 1 atom stereocenters. The Morgan fingerprint density at radius 1 is 1.19 bits per heavy atom. The van der Waals surface area contributed by atoms with Gasteiger partial charge in [0.2, 0.25) is 0 Å². The number of likely N-dealkylation sites (tertiary alicyclic amines) is 1. The van der Waals surface area contributed by atoms with Gasteiger partial charge in [-0.15, -0.1) is 0 Å². The van der Waals surface area contributed by atoms with Gasteiger partial charge < -0.3 is 14.5 Å². The lowest BCUT2D eigenvalue weighted by Crippen LogP contribution is -2.42. The van der Waals surface area contributed by atoms with E-state index in [9.17, 15) is 9.59 Å². The highest BCUT2D eigenvalue weighted by Crippen LogP contribution is 2.24. The smallest absolute Gasteiger partial charge is 0.310 e. The van der Waals surface area contributed by atoms with Crippen LogP contribution in [0.2, 0.25) is 0 Å². The van der Waals surface area contributed by atoms with Gasteiger partial charge in [0.1, 0.15) is 5.82 Å². The normalized spacial score (nSPS) is 16.0. The molecule has 1 fully saturated rings. The first-order chi connectivity index (χ1) is 15.4. The highest BCUT2D eigenvalue weighted by molar-refractivity contribution is 7.98. The maximum Gasteiger partial charge on any atom is 0.310 e. The third-order valence-electron chi connectivity index (χ3n) is 5.46. The summed E-state index contributed by atoms with van der Waals surface area (Å²) in [5, 5.41) is 0.756. The van der Waals surface area contributed by atoms with Crippen LogP contribution in [0.3, 0.4) is 0 Å². The van der Waals surface area contributed by atoms with Crippen LogP contribution in [0.5, 0.6) is 0 Å². The Morgan fingerprint density at radius 2 is 1.94 bits per heavy atom. The number of carbonyl (C=O) groups is 2. The number of aryl methyl sites for hydroxylation is 1. The molecule has 8 heteroatoms. The molecule has 2 heterocycles. The molecule has 0 N–H and O–H groups in total. The Balaban J connectivity index is 1.61. The molecule has 1 aromatic heterocycles. The summed E-state index contributed by atoms with van der Waals surface area (Å²) in [6.07, 6.45) is 2.45. The minimum absolute atomic E-state index is 0.0344. The Hall–Kier alpha value is -2.61. The lowest BCUT2D eigenvalue weighted by molar-refractivity contribution is -0.149. The summed E-state index contributed by atoms with van der Waals surface area (Å²) < 4.78 is 5.14. The summed E-state index contributed by atoms with van der Waals surface area (Å²) in [6.45, 7) is 5.35. The second-order valence-electron chi connectivity index (χ2n) is 8.08. The Labute approximate surface area is 194 Å². The van der Waals surface area contributed by atoms with Crippen LogP contribution in [0.15, 0.2) is 35.5 Å². The van der Waals surface area contributed by atoms with Gasteiger partial charge in [0.05, 0.1) is 12.5 Å². The first kappa shape index (κ1) is 24.0. The topological polar surface area (TPSA) is 75.6 Å². The third-order valence-corrected chi connectivity index (χ3v) is 6.38. The van der Waals surface area contributed by atoms with Crippen LogP contribution in [0.1, 0.15) is 48.3 Å². The van der Waals surface area contributed by atoms with Crippen molar-refractivity contribution >= 4 is 29.5 Å². The van der Waals surface area contributed by atoms with E-state index in [-0.39, 0.29) is 17.8 Å². The van der Waals surface area contributed by atoms with Gasteiger partial charge in [0, 0.05) is 50.3 Å². The number of thioether (sulfide) groups is 1. The Bertz CT molecular complexity index is 933. The van der Waals surface area contributed by atoms with Gasteiger partial charge >= 0.3 is 5.97 Å². The van der Waals surface area contributed by atoms with Crippen molar-refractivity contribution in [2.24, 2.45) is 5.92 Å². The van der Waals surface area contributed by atoms with E-state index in [0.717, 1.165) is 47.2 Å². The monoisotopic (exact) mass is 456 g/mol. The molecule has 1 unspecified atom stereocenters. The average Bonchev–Trinajstić information content (AvgIpc) is 2.82. The second kappa shape index (κ2) is 11.3. The van der Waals surface area contributed by atoms with Crippen molar-refractivity contribution in [3.05, 3.63) is 47.2 Å². The molecular formula is C24H32N4O3S. The predicted molar refractivity (Wildman–Crippen MR) is 127 cm³/mol. The molecule has 3 rings (SSSR count). The van der Waals surface area contributed by atoms with Crippen molar-refractivity contribution < 1.29 is 14.3 Å². The number of anilines is 1. The molecule has 0 saturated carbocycles. The molecule has 1 aliphatic rings. The first-order valence-corrected chi connectivity index (χ1v) is 12.1. The fourth-order valence-corrected chi connectivity index (χ4v) is 4.45. The molecule has 172 valence electrons. The number of benzene rings is 1.